The van der Waals surface area contributed by atoms with Gasteiger partial charge < -0.3 is 9.30 Å². The monoisotopic (exact) mass is 342 g/mol. The lowest BCUT2D eigenvalue weighted by Crippen LogP contribution is -2.10. The van der Waals surface area contributed by atoms with E-state index in [1.807, 2.05) is 10.9 Å². The fourth-order valence-electron chi connectivity index (χ4n) is 1.02. The van der Waals surface area contributed by atoms with Crippen molar-refractivity contribution in [2.45, 2.75) is 13.7 Å². The van der Waals surface area contributed by atoms with Gasteiger partial charge in [-0.05, 0) is 48.3 Å². The lowest BCUT2D eigenvalue weighted by atomic mass is 10.5. The van der Waals surface area contributed by atoms with Crippen LogP contribution in [-0.4, -0.2) is 40.7 Å². The van der Waals surface area contributed by atoms with Gasteiger partial charge >= 0.3 is 0 Å². The van der Waals surface area contributed by atoms with E-state index in [1.54, 1.807) is 0 Å². The van der Waals surface area contributed by atoms with Crippen LogP contribution >= 0.6 is 32.6 Å². The van der Waals surface area contributed by atoms with E-state index in [9.17, 15) is 0 Å². The Morgan fingerprint density at radius 2 is 2.13 bits per heavy atom. The zero-order valence-electron chi connectivity index (χ0n) is 9.79. The second-order valence-electron chi connectivity index (χ2n) is 4.42. The fraction of sp³-hybridized carbons (Fsp3) is 0.700. The molecular weight excluding hydrogens is 323 g/mol. The molecule has 0 amide bonds. The molecule has 0 saturated carbocycles. The lowest BCUT2D eigenvalue weighted by Gasteiger charge is -2.24. The van der Waals surface area contributed by atoms with Gasteiger partial charge in [-0.2, -0.15) is 0 Å². The van der Waals surface area contributed by atoms with E-state index in [-0.39, 0.29) is 0 Å². The molecule has 0 aliphatic heterocycles. The zero-order chi connectivity index (χ0) is 11.5. The molecule has 0 atom stereocenters. The summed E-state index contributed by atoms with van der Waals surface area (Å²) in [6.45, 7) is 3.53. The van der Waals surface area contributed by atoms with Crippen LogP contribution < -0.4 is 0 Å². The van der Waals surface area contributed by atoms with Gasteiger partial charge in [0.25, 0.3) is 0 Å². The molecule has 15 heavy (non-hydrogen) atoms. The third-order valence-corrected chi connectivity index (χ3v) is 4.56. The number of imidazole rings is 1. The van der Waals surface area contributed by atoms with Crippen LogP contribution in [0.1, 0.15) is 5.69 Å². The predicted molar refractivity (Wildman–Crippen MR) is 75.9 cm³/mol. The molecular formula is C10H19IN2OS. The van der Waals surface area contributed by atoms with Crippen LogP contribution in [0.2, 0.25) is 0 Å². The van der Waals surface area contributed by atoms with Crippen molar-refractivity contribution < 1.29 is 4.74 Å². The van der Waals surface area contributed by atoms with Crippen molar-refractivity contribution >= 4 is 32.6 Å². The topological polar surface area (TPSA) is 27.1 Å². The third kappa shape index (κ3) is 4.74. The fourth-order valence-corrected chi connectivity index (χ4v) is 2.07. The molecule has 0 radical (unpaired) electrons. The van der Waals surface area contributed by atoms with Gasteiger partial charge in [0.1, 0.15) is 10.4 Å². The highest BCUT2D eigenvalue weighted by atomic mass is 127. The number of aromatic nitrogens is 2. The normalized spacial score (nSPS) is 13.1. The standard InChI is InChI=1S/C10H19IN2OS/c1-9-10(11)12-7-13(9)8-14-5-6-15(2,3)4/h7H,5-6,8H2,1-4H3. The molecule has 0 unspecified atom stereocenters. The molecule has 0 saturated heterocycles. The molecule has 1 aromatic rings. The zero-order valence-corrected chi connectivity index (χ0v) is 12.8. The van der Waals surface area contributed by atoms with Crippen LogP contribution in [0.25, 0.3) is 0 Å². The molecule has 1 aromatic heterocycles. The van der Waals surface area contributed by atoms with E-state index in [0.717, 1.165) is 16.1 Å². The maximum Gasteiger partial charge on any atom is 0.124 e. The average molecular weight is 342 g/mol. The first-order valence-electron chi connectivity index (χ1n) is 4.81. The molecule has 0 aromatic carbocycles. The third-order valence-electron chi connectivity index (χ3n) is 2.11. The summed E-state index contributed by atoms with van der Waals surface area (Å²) < 4.78 is 8.73. The number of ether oxygens (including phenoxy) is 1. The molecule has 0 fully saturated rings. The Bertz CT molecular complexity index is 320. The van der Waals surface area contributed by atoms with Crippen LogP contribution in [0.15, 0.2) is 6.33 Å². The Balaban J connectivity index is 2.30. The van der Waals surface area contributed by atoms with Gasteiger partial charge in [-0.25, -0.2) is 15.0 Å². The summed E-state index contributed by atoms with van der Waals surface area (Å²) >= 11 is 2.24. The van der Waals surface area contributed by atoms with Crippen molar-refractivity contribution in [1.29, 1.82) is 0 Å². The minimum Gasteiger partial charge on any atom is -0.360 e. The van der Waals surface area contributed by atoms with Gasteiger partial charge in [-0.3, -0.25) is 0 Å². The summed E-state index contributed by atoms with van der Waals surface area (Å²) in [5, 5.41) is 0. The lowest BCUT2D eigenvalue weighted by molar-refractivity contribution is 0.0882. The van der Waals surface area contributed by atoms with E-state index in [1.165, 1.54) is 5.69 Å². The van der Waals surface area contributed by atoms with Gasteiger partial charge in [0.2, 0.25) is 0 Å². The van der Waals surface area contributed by atoms with Gasteiger partial charge in [-0.15, -0.1) is 0 Å². The number of nitrogens with zero attached hydrogens (tertiary/aromatic N) is 2. The number of halogens is 1. The number of hydrogen-bond acceptors (Lipinski definition) is 2. The Morgan fingerprint density at radius 1 is 1.47 bits per heavy atom. The van der Waals surface area contributed by atoms with Crippen molar-refractivity contribution in [2.75, 3.05) is 31.1 Å². The quantitative estimate of drug-likeness (QED) is 0.607. The molecule has 0 aliphatic carbocycles. The van der Waals surface area contributed by atoms with Crippen LogP contribution in [0.5, 0.6) is 0 Å². The first-order valence-corrected chi connectivity index (χ1v) is 8.92. The molecule has 0 aliphatic rings. The average Bonchev–Trinajstić information content (AvgIpc) is 2.42. The first-order chi connectivity index (χ1) is 6.90. The molecule has 1 heterocycles. The van der Waals surface area contributed by atoms with E-state index >= 15 is 0 Å². The second kappa shape index (κ2) is 5.54. The van der Waals surface area contributed by atoms with Crippen molar-refractivity contribution in [3.8, 4) is 0 Å². The predicted octanol–water partition coefficient (Wildman–Crippen LogP) is 2.46. The second-order valence-corrected chi connectivity index (χ2v) is 10.0. The van der Waals surface area contributed by atoms with Gasteiger partial charge in [0.15, 0.2) is 0 Å². The highest BCUT2D eigenvalue weighted by molar-refractivity contribution is 14.1. The minimum absolute atomic E-state index is 0.435. The number of hydrogen-bond donors (Lipinski definition) is 0. The Morgan fingerprint density at radius 3 is 2.60 bits per heavy atom. The first kappa shape index (κ1) is 13.3. The van der Waals surface area contributed by atoms with Crippen molar-refractivity contribution in [3.63, 3.8) is 0 Å². The van der Waals surface area contributed by atoms with Crippen molar-refractivity contribution in [3.05, 3.63) is 15.7 Å². The molecule has 0 spiro atoms. The molecule has 0 bridgehead atoms. The highest BCUT2D eigenvalue weighted by Gasteiger charge is 2.05. The van der Waals surface area contributed by atoms with Crippen LogP contribution in [0.4, 0.5) is 0 Å². The minimum atomic E-state index is -0.435. The Hall–Kier alpha value is 0.250. The molecule has 1 rings (SSSR count). The SMILES string of the molecule is Cc1c(I)ncn1COCCS(C)(C)C. The summed E-state index contributed by atoms with van der Waals surface area (Å²) in [5.41, 5.74) is 1.18. The van der Waals surface area contributed by atoms with Gasteiger partial charge in [-0.1, -0.05) is 0 Å². The molecule has 5 heteroatoms. The number of rotatable bonds is 5. The van der Waals surface area contributed by atoms with Crippen LogP contribution in [0, 0.1) is 10.6 Å². The summed E-state index contributed by atoms with van der Waals surface area (Å²) in [6, 6.07) is 0. The summed E-state index contributed by atoms with van der Waals surface area (Å²) in [6.07, 6.45) is 8.76. The highest BCUT2D eigenvalue weighted by Crippen LogP contribution is 2.33. The van der Waals surface area contributed by atoms with Crippen LogP contribution in [-0.2, 0) is 11.5 Å². The van der Waals surface area contributed by atoms with E-state index < -0.39 is 10.0 Å². The van der Waals surface area contributed by atoms with E-state index in [0.29, 0.717) is 6.73 Å². The van der Waals surface area contributed by atoms with E-state index in [4.69, 9.17) is 4.74 Å². The molecule has 3 nitrogen and oxygen atoms in total. The van der Waals surface area contributed by atoms with Gasteiger partial charge in [0, 0.05) is 5.75 Å². The van der Waals surface area contributed by atoms with Crippen LogP contribution in [0.3, 0.4) is 0 Å². The summed E-state index contributed by atoms with van der Waals surface area (Å²) in [7, 11) is -0.435. The smallest absolute Gasteiger partial charge is 0.124 e. The Kier molecular flexibility index (Phi) is 4.92. The molecule has 0 N–H and O–H groups in total. The van der Waals surface area contributed by atoms with Crippen molar-refractivity contribution in [2.24, 2.45) is 0 Å². The maximum absolute atomic E-state index is 5.63. The maximum atomic E-state index is 5.63. The van der Waals surface area contributed by atoms with Gasteiger partial charge in [0.05, 0.1) is 18.6 Å². The largest absolute Gasteiger partial charge is 0.360 e. The Labute approximate surface area is 107 Å². The van der Waals surface area contributed by atoms with E-state index in [2.05, 4.69) is 53.3 Å². The molecule has 88 valence electrons. The summed E-state index contributed by atoms with van der Waals surface area (Å²) in [5.74, 6) is 1.16. The summed E-state index contributed by atoms with van der Waals surface area (Å²) in [4.78, 5) is 4.22. The van der Waals surface area contributed by atoms with Crippen molar-refractivity contribution in [1.82, 2.24) is 9.55 Å².